The van der Waals surface area contributed by atoms with E-state index in [1.54, 1.807) is 0 Å². The molecular formula is C16H28O. The van der Waals surface area contributed by atoms with Crippen molar-refractivity contribution in [2.24, 2.45) is 23.7 Å². The van der Waals surface area contributed by atoms with Gasteiger partial charge in [0.05, 0.1) is 5.60 Å². The maximum atomic E-state index is 5.92. The number of ether oxygens (including phenoxy) is 1. The summed E-state index contributed by atoms with van der Waals surface area (Å²) in [7, 11) is 1.90. The lowest BCUT2D eigenvalue weighted by Gasteiger charge is -2.36. The molecule has 2 aliphatic rings. The number of hydrogen-bond acceptors (Lipinski definition) is 1. The number of rotatable bonds is 2. The molecule has 0 saturated heterocycles. The average Bonchev–Trinajstić information content (AvgIpc) is 2.57. The number of allylic oxidation sites excluding steroid dienone is 1. The van der Waals surface area contributed by atoms with Crippen molar-refractivity contribution in [2.75, 3.05) is 7.11 Å². The van der Waals surface area contributed by atoms with Crippen LogP contribution in [0.2, 0.25) is 0 Å². The first-order valence-corrected chi connectivity index (χ1v) is 7.18. The summed E-state index contributed by atoms with van der Waals surface area (Å²) in [5.41, 5.74) is 1.49. The van der Waals surface area contributed by atoms with Crippen molar-refractivity contribution in [3.8, 4) is 0 Å². The molecule has 2 aliphatic carbocycles. The first kappa shape index (κ1) is 13.1. The number of hydrogen-bond donors (Lipinski definition) is 0. The van der Waals surface area contributed by atoms with Crippen LogP contribution in [-0.2, 0) is 4.74 Å². The molecule has 0 radical (unpaired) electrons. The van der Waals surface area contributed by atoms with Crippen LogP contribution in [-0.4, -0.2) is 12.7 Å². The summed E-state index contributed by atoms with van der Waals surface area (Å²) in [6.07, 6.45) is 6.56. The smallest absolute Gasteiger partial charge is 0.0681 e. The minimum Gasteiger partial charge on any atom is -0.378 e. The van der Waals surface area contributed by atoms with Gasteiger partial charge in [0.1, 0.15) is 0 Å². The predicted molar refractivity (Wildman–Crippen MR) is 72.9 cm³/mol. The van der Waals surface area contributed by atoms with Gasteiger partial charge < -0.3 is 4.74 Å². The zero-order valence-electron chi connectivity index (χ0n) is 12.0. The van der Waals surface area contributed by atoms with E-state index in [9.17, 15) is 0 Å². The van der Waals surface area contributed by atoms with E-state index < -0.39 is 0 Å². The van der Waals surface area contributed by atoms with Crippen molar-refractivity contribution in [3.63, 3.8) is 0 Å². The number of fused-ring (bicyclic) bond motifs is 1. The molecule has 0 aliphatic heterocycles. The van der Waals surface area contributed by atoms with Crippen LogP contribution in [0.25, 0.3) is 0 Å². The molecule has 0 N–H and O–H groups in total. The molecule has 2 fully saturated rings. The Balaban J connectivity index is 2.24. The third-order valence-corrected chi connectivity index (χ3v) is 5.67. The lowest BCUT2D eigenvalue weighted by atomic mass is 9.77. The Hall–Kier alpha value is -0.300. The van der Waals surface area contributed by atoms with E-state index in [0.29, 0.717) is 0 Å². The second-order valence-electron chi connectivity index (χ2n) is 6.66. The molecule has 1 heteroatoms. The first-order valence-electron chi connectivity index (χ1n) is 7.18. The largest absolute Gasteiger partial charge is 0.378 e. The van der Waals surface area contributed by atoms with E-state index in [1.165, 1.54) is 37.7 Å². The molecule has 5 atom stereocenters. The Morgan fingerprint density at radius 1 is 1.29 bits per heavy atom. The predicted octanol–water partition coefficient (Wildman–Crippen LogP) is 4.43. The van der Waals surface area contributed by atoms with E-state index in [1.807, 2.05) is 7.11 Å². The molecular weight excluding hydrogens is 208 g/mol. The minimum absolute atomic E-state index is 0.111. The van der Waals surface area contributed by atoms with Gasteiger partial charge in [-0.25, -0.2) is 0 Å². The van der Waals surface area contributed by atoms with Crippen LogP contribution in [0, 0.1) is 23.7 Å². The maximum absolute atomic E-state index is 5.92. The summed E-state index contributed by atoms with van der Waals surface area (Å²) in [6.45, 7) is 11.2. The molecule has 98 valence electrons. The van der Waals surface area contributed by atoms with Gasteiger partial charge in [0.2, 0.25) is 0 Å². The molecule has 1 nitrogen and oxygen atoms in total. The van der Waals surface area contributed by atoms with Crippen LogP contribution in [0.15, 0.2) is 12.2 Å². The molecule has 0 unspecified atom stereocenters. The highest BCUT2D eigenvalue weighted by Gasteiger charge is 2.47. The summed E-state index contributed by atoms with van der Waals surface area (Å²) >= 11 is 0. The standard InChI is InChI=1S/C16H28O/c1-11(2)13-8-9-16(4,17-5)15-7-6-12(3)14(15)10-13/h12-15H,1,6-10H2,2-5H3/t12-,13+,14-,15-,16+/m0/s1. The summed E-state index contributed by atoms with van der Waals surface area (Å²) in [5.74, 6) is 3.21. The zero-order valence-corrected chi connectivity index (χ0v) is 12.0. The summed E-state index contributed by atoms with van der Waals surface area (Å²) in [4.78, 5) is 0. The van der Waals surface area contributed by atoms with Gasteiger partial charge in [-0.3, -0.25) is 0 Å². The number of methoxy groups -OCH3 is 1. The van der Waals surface area contributed by atoms with Gasteiger partial charge in [-0.15, -0.1) is 0 Å². The van der Waals surface area contributed by atoms with E-state index in [4.69, 9.17) is 4.74 Å². The Bertz CT molecular complexity index is 296. The Morgan fingerprint density at radius 2 is 2.00 bits per heavy atom. The second-order valence-corrected chi connectivity index (χ2v) is 6.66. The quantitative estimate of drug-likeness (QED) is 0.644. The van der Waals surface area contributed by atoms with Crippen LogP contribution in [0.1, 0.15) is 52.9 Å². The van der Waals surface area contributed by atoms with Gasteiger partial charge in [0.25, 0.3) is 0 Å². The van der Waals surface area contributed by atoms with Gasteiger partial charge in [-0.1, -0.05) is 25.5 Å². The molecule has 0 bridgehead atoms. The van der Waals surface area contributed by atoms with Crippen molar-refractivity contribution in [3.05, 3.63) is 12.2 Å². The lowest BCUT2D eigenvalue weighted by Crippen LogP contribution is -2.38. The highest BCUT2D eigenvalue weighted by atomic mass is 16.5. The fourth-order valence-electron chi connectivity index (χ4n) is 4.22. The highest BCUT2D eigenvalue weighted by Crippen LogP contribution is 2.52. The lowest BCUT2D eigenvalue weighted by molar-refractivity contribution is -0.0591. The molecule has 0 heterocycles. The van der Waals surface area contributed by atoms with Gasteiger partial charge in [-0.05, 0) is 63.2 Å². The van der Waals surface area contributed by atoms with Crippen molar-refractivity contribution < 1.29 is 4.74 Å². The van der Waals surface area contributed by atoms with Gasteiger partial charge in [0, 0.05) is 7.11 Å². The van der Waals surface area contributed by atoms with Gasteiger partial charge in [0.15, 0.2) is 0 Å². The third kappa shape index (κ3) is 2.31. The van der Waals surface area contributed by atoms with E-state index in [0.717, 1.165) is 23.7 Å². The Labute approximate surface area is 107 Å². The zero-order chi connectivity index (χ0) is 12.6. The normalized spacial score (nSPS) is 46.4. The molecule has 0 aromatic rings. The van der Waals surface area contributed by atoms with Gasteiger partial charge in [-0.2, -0.15) is 0 Å². The van der Waals surface area contributed by atoms with Crippen molar-refractivity contribution in [1.29, 1.82) is 0 Å². The topological polar surface area (TPSA) is 9.23 Å². The molecule has 2 rings (SSSR count). The average molecular weight is 236 g/mol. The second kappa shape index (κ2) is 4.76. The minimum atomic E-state index is 0.111. The maximum Gasteiger partial charge on any atom is 0.0681 e. The Kier molecular flexibility index (Phi) is 3.68. The van der Waals surface area contributed by atoms with Crippen molar-refractivity contribution >= 4 is 0 Å². The van der Waals surface area contributed by atoms with E-state index in [-0.39, 0.29) is 5.60 Å². The molecule has 2 saturated carbocycles. The van der Waals surface area contributed by atoms with E-state index >= 15 is 0 Å². The van der Waals surface area contributed by atoms with Crippen LogP contribution >= 0.6 is 0 Å². The van der Waals surface area contributed by atoms with Crippen LogP contribution in [0.5, 0.6) is 0 Å². The van der Waals surface area contributed by atoms with E-state index in [2.05, 4.69) is 27.4 Å². The molecule has 0 amide bonds. The van der Waals surface area contributed by atoms with Crippen molar-refractivity contribution in [1.82, 2.24) is 0 Å². The molecule has 0 spiro atoms. The van der Waals surface area contributed by atoms with Crippen LogP contribution < -0.4 is 0 Å². The molecule has 0 aromatic heterocycles. The summed E-state index contributed by atoms with van der Waals surface area (Å²) in [5, 5.41) is 0. The molecule has 17 heavy (non-hydrogen) atoms. The van der Waals surface area contributed by atoms with Crippen LogP contribution in [0.3, 0.4) is 0 Å². The fraction of sp³-hybridized carbons (Fsp3) is 0.875. The monoisotopic (exact) mass is 236 g/mol. The Morgan fingerprint density at radius 3 is 2.59 bits per heavy atom. The van der Waals surface area contributed by atoms with Crippen molar-refractivity contribution in [2.45, 2.75) is 58.5 Å². The fourth-order valence-corrected chi connectivity index (χ4v) is 4.22. The SMILES string of the molecule is C=C(C)[C@@H]1CC[C@@](C)(OC)[C@H]2CC[C@H](C)[C@@H]2C1. The third-order valence-electron chi connectivity index (χ3n) is 5.67. The van der Waals surface area contributed by atoms with Gasteiger partial charge >= 0.3 is 0 Å². The van der Waals surface area contributed by atoms with Crippen LogP contribution in [0.4, 0.5) is 0 Å². The first-order chi connectivity index (χ1) is 7.98. The highest BCUT2D eigenvalue weighted by molar-refractivity contribution is 5.05. The summed E-state index contributed by atoms with van der Waals surface area (Å²) < 4.78 is 5.92. The molecule has 0 aromatic carbocycles. The summed E-state index contributed by atoms with van der Waals surface area (Å²) in [6, 6.07) is 0.